The van der Waals surface area contributed by atoms with Crippen molar-refractivity contribution >= 4 is 17.6 Å². The van der Waals surface area contributed by atoms with Crippen molar-refractivity contribution in [3.05, 3.63) is 64.8 Å². The molecule has 0 aliphatic heterocycles. The minimum Gasteiger partial charge on any atom is -0.459 e. The Labute approximate surface area is 190 Å². The van der Waals surface area contributed by atoms with Gasteiger partial charge in [0.1, 0.15) is 12.4 Å². The molecule has 9 nitrogen and oxygen atoms in total. The van der Waals surface area contributed by atoms with Crippen LogP contribution in [-0.4, -0.2) is 40.7 Å². The normalized spacial score (nSPS) is 11.1. The lowest BCUT2D eigenvalue weighted by Gasteiger charge is -2.13. The Morgan fingerprint density at radius 1 is 1.22 bits per heavy atom. The highest BCUT2D eigenvalue weighted by Crippen LogP contribution is 2.24. The number of nitrogens with zero attached hydrogens (tertiary/aromatic N) is 6. The minimum atomic E-state index is -0.350. The van der Waals surface area contributed by atoms with Crippen LogP contribution in [0.5, 0.6) is 0 Å². The van der Waals surface area contributed by atoms with Crippen LogP contribution < -0.4 is 0 Å². The third-order valence-electron chi connectivity index (χ3n) is 5.15. The van der Waals surface area contributed by atoms with Gasteiger partial charge in [-0.25, -0.2) is 4.98 Å². The Balaban J connectivity index is 1.60. The molecule has 0 aliphatic carbocycles. The Morgan fingerprint density at radius 3 is 2.72 bits per heavy atom. The highest BCUT2D eigenvalue weighted by atomic mass is 35.5. The lowest BCUT2D eigenvalue weighted by Crippen LogP contribution is -2.11. The first-order chi connectivity index (χ1) is 15.6. The third-order valence-corrected chi connectivity index (χ3v) is 5.45. The van der Waals surface area contributed by atoms with Crippen molar-refractivity contribution in [2.24, 2.45) is 0 Å². The van der Waals surface area contributed by atoms with Crippen LogP contribution in [0.25, 0.3) is 17.2 Å². The molecule has 0 saturated carbocycles. The number of esters is 1. The predicted molar refractivity (Wildman–Crippen MR) is 119 cm³/mol. The van der Waals surface area contributed by atoms with Gasteiger partial charge in [-0.15, -0.1) is 10.2 Å². The number of unbranched alkanes of at least 4 members (excludes halogenated alkanes) is 1. The van der Waals surface area contributed by atoms with Crippen molar-refractivity contribution < 1.29 is 9.53 Å². The van der Waals surface area contributed by atoms with E-state index in [9.17, 15) is 4.79 Å². The molecular weight excluding hydrogens is 430 g/mol. The maximum atomic E-state index is 11.3. The number of hydrogen-bond donors (Lipinski definition) is 1. The maximum absolute atomic E-state index is 11.3. The van der Waals surface area contributed by atoms with Gasteiger partial charge in [-0.3, -0.25) is 4.79 Å². The zero-order valence-corrected chi connectivity index (χ0v) is 18.7. The average Bonchev–Trinajstić information content (AvgIpc) is 3.52. The summed E-state index contributed by atoms with van der Waals surface area (Å²) >= 11 is 6.39. The summed E-state index contributed by atoms with van der Waals surface area (Å²) in [5, 5.41) is 14.6. The molecule has 1 aromatic carbocycles. The molecule has 0 unspecified atom stereocenters. The first-order valence-corrected chi connectivity index (χ1v) is 10.8. The van der Waals surface area contributed by atoms with Crippen molar-refractivity contribution in [2.45, 2.75) is 46.3 Å². The number of aryl methyl sites for hydroxylation is 1. The van der Waals surface area contributed by atoms with Crippen LogP contribution in [0.4, 0.5) is 0 Å². The molecule has 10 heteroatoms. The monoisotopic (exact) mass is 453 g/mol. The molecule has 0 saturated heterocycles. The summed E-state index contributed by atoms with van der Waals surface area (Å²) in [5.41, 5.74) is 3.62. The fraction of sp³-hybridized carbons (Fsp3) is 0.318. The van der Waals surface area contributed by atoms with Crippen LogP contribution in [0, 0.1) is 0 Å². The zero-order valence-electron chi connectivity index (χ0n) is 18.0. The molecule has 1 N–H and O–H groups in total. The predicted octanol–water partition coefficient (Wildman–Crippen LogP) is 3.96. The summed E-state index contributed by atoms with van der Waals surface area (Å²) in [6, 6.07) is 12.1. The molecular formula is C22H24ClN7O2. The summed E-state index contributed by atoms with van der Waals surface area (Å²) in [6.45, 7) is 4.20. The van der Waals surface area contributed by atoms with Crippen molar-refractivity contribution in [2.75, 3.05) is 0 Å². The Kier molecular flexibility index (Phi) is 6.65. The van der Waals surface area contributed by atoms with E-state index in [0.717, 1.165) is 42.0 Å². The number of nitrogens with one attached hydrogen (secondary N) is 1. The van der Waals surface area contributed by atoms with Gasteiger partial charge < -0.3 is 13.9 Å². The van der Waals surface area contributed by atoms with Crippen LogP contribution in [0.15, 0.2) is 42.6 Å². The molecule has 166 valence electrons. The van der Waals surface area contributed by atoms with Gasteiger partial charge in [0.05, 0.1) is 11.4 Å². The third kappa shape index (κ3) is 4.72. The van der Waals surface area contributed by atoms with Gasteiger partial charge in [0.2, 0.25) is 5.82 Å². The van der Waals surface area contributed by atoms with Crippen LogP contribution in [0.1, 0.15) is 43.8 Å². The molecule has 4 rings (SSSR count). The molecule has 0 bridgehead atoms. The van der Waals surface area contributed by atoms with E-state index in [1.54, 1.807) is 0 Å². The van der Waals surface area contributed by atoms with E-state index < -0.39 is 0 Å². The van der Waals surface area contributed by atoms with Crippen molar-refractivity contribution in [3.8, 4) is 17.2 Å². The average molecular weight is 454 g/mol. The Hall–Kier alpha value is -3.46. The van der Waals surface area contributed by atoms with E-state index in [0.29, 0.717) is 23.2 Å². The molecule has 32 heavy (non-hydrogen) atoms. The number of ether oxygens (including phenoxy) is 1. The van der Waals surface area contributed by atoms with Gasteiger partial charge in [0, 0.05) is 31.8 Å². The van der Waals surface area contributed by atoms with E-state index in [1.807, 2.05) is 35.0 Å². The van der Waals surface area contributed by atoms with Gasteiger partial charge >= 0.3 is 5.97 Å². The van der Waals surface area contributed by atoms with Gasteiger partial charge in [0.25, 0.3) is 0 Å². The smallest absolute Gasteiger partial charge is 0.303 e. The van der Waals surface area contributed by atoms with Gasteiger partial charge in [-0.05, 0) is 41.5 Å². The fourth-order valence-corrected chi connectivity index (χ4v) is 3.78. The topological polar surface area (TPSA) is 104 Å². The summed E-state index contributed by atoms with van der Waals surface area (Å²) in [6.07, 6.45) is 4.83. The van der Waals surface area contributed by atoms with Crippen molar-refractivity contribution in [1.82, 2.24) is 34.7 Å². The maximum Gasteiger partial charge on any atom is 0.303 e. The number of hydrogen-bond acceptors (Lipinski definition) is 6. The number of tetrazole rings is 1. The molecule has 0 amide bonds. The van der Waals surface area contributed by atoms with Crippen molar-refractivity contribution in [3.63, 3.8) is 0 Å². The number of aromatic amines is 1. The summed E-state index contributed by atoms with van der Waals surface area (Å²) in [4.78, 5) is 15.9. The summed E-state index contributed by atoms with van der Waals surface area (Å²) in [7, 11) is 0. The second kappa shape index (κ2) is 9.78. The number of H-pyrrole nitrogens is 1. The lowest BCUT2D eigenvalue weighted by molar-refractivity contribution is -0.142. The molecule has 0 radical (unpaired) electrons. The van der Waals surface area contributed by atoms with Crippen molar-refractivity contribution in [1.29, 1.82) is 0 Å². The van der Waals surface area contributed by atoms with E-state index in [1.165, 1.54) is 6.92 Å². The fourth-order valence-electron chi connectivity index (χ4n) is 3.53. The summed E-state index contributed by atoms with van der Waals surface area (Å²) in [5.74, 6) is 1.08. The first kappa shape index (κ1) is 21.8. The number of carbonyl (C=O) groups is 1. The van der Waals surface area contributed by atoms with E-state index >= 15 is 0 Å². The SMILES string of the molecule is CCCCc1nc(Cl)c(COC(C)=O)n1Cc1ccc(-n2cccc2-c2nn[nH]n2)cc1. The van der Waals surface area contributed by atoms with E-state index in [4.69, 9.17) is 16.3 Å². The van der Waals surface area contributed by atoms with E-state index in [2.05, 4.69) is 49.2 Å². The highest BCUT2D eigenvalue weighted by Gasteiger charge is 2.17. The van der Waals surface area contributed by atoms with Crippen LogP contribution in [0.3, 0.4) is 0 Å². The number of aromatic nitrogens is 7. The van der Waals surface area contributed by atoms with Crippen LogP contribution in [-0.2, 0) is 29.1 Å². The molecule has 3 heterocycles. The number of halogens is 1. The second-order valence-electron chi connectivity index (χ2n) is 7.40. The number of carbonyl (C=O) groups excluding carboxylic acids is 1. The quantitative estimate of drug-likeness (QED) is 0.385. The number of benzene rings is 1. The number of imidazole rings is 1. The van der Waals surface area contributed by atoms with Gasteiger partial charge in [0.15, 0.2) is 5.15 Å². The first-order valence-electron chi connectivity index (χ1n) is 10.4. The zero-order chi connectivity index (χ0) is 22.5. The van der Waals surface area contributed by atoms with Gasteiger partial charge in [-0.2, -0.15) is 5.21 Å². The highest BCUT2D eigenvalue weighted by molar-refractivity contribution is 6.30. The second-order valence-corrected chi connectivity index (χ2v) is 7.76. The molecule has 0 fully saturated rings. The minimum absolute atomic E-state index is 0.100. The van der Waals surface area contributed by atoms with Crippen LogP contribution >= 0.6 is 11.6 Å². The molecule has 3 aromatic heterocycles. The molecule has 0 spiro atoms. The Bertz CT molecular complexity index is 1180. The molecule has 0 aliphatic rings. The van der Waals surface area contributed by atoms with E-state index in [-0.39, 0.29) is 12.6 Å². The van der Waals surface area contributed by atoms with Gasteiger partial charge in [-0.1, -0.05) is 37.1 Å². The number of rotatable bonds is 9. The lowest BCUT2D eigenvalue weighted by atomic mass is 10.2. The van der Waals surface area contributed by atoms with Crippen LogP contribution in [0.2, 0.25) is 5.15 Å². The Morgan fingerprint density at radius 2 is 2.03 bits per heavy atom. The summed E-state index contributed by atoms with van der Waals surface area (Å²) < 4.78 is 9.27. The largest absolute Gasteiger partial charge is 0.459 e. The molecule has 4 aromatic rings. The molecule has 0 atom stereocenters. The standard InChI is InChI=1S/C22H24ClN7O2/c1-3-4-7-20-24-21(23)19(14-32-15(2)31)30(20)13-16-8-10-17(11-9-16)29-12-5-6-18(29)22-25-27-28-26-22/h5-6,8-12H,3-4,7,13-14H2,1-2H3,(H,25,26,27,28).